The first-order valence-electron chi connectivity index (χ1n) is 9.01. The Morgan fingerprint density at radius 1 is 1.14 bits per heavy atom. The van der Waals surface area contributed by atoms with Crippen LogP contribution in [0.1, 0.15) is 21.5 Å². The molecule has 2 aromatic heterocycles. The Morgan fingerprint density at radius 2 is 1.93 bits per heavy atom. The number of nitrogens with two attached hydrogens (primary N) is 1. The van der Waals surface area contributed by atoms with E-state index in [4.69, 9.17) is 11.0 Å². The maximum atomic E-state index is 11.6. The quantitative estimate of drug-likeness (QED) is 0.534. The van der Waals surface area contributed by atoms with Crippen molar-refractivity contribution in [3.05, 3.63) is 83.7 Å². The van der Waals surface area contributed by atoms with E-state index in [9.17, 15) is 4.79 Å². The van der Waals surface area contributed by atoms with Crippen molar-refractivity contribution in [3.63, 3.8) is 0 Å². The van der Waals surface area contributed by atoms with Gasteiger partial charge in [-0.15, -0.1) is 5.10 Å². The molecule has 2 aromatic carbocycles. The maximum Gasteiger partial charge on any atom is 0.252 e. The zero-order valence-electron chi connectivity index (χ0n) is 15.5. The molecule has 7 nitrogen and oxygen atoms in total. The van der Waals surface area contributed by atoms with E-state index in [1.54, 1.807) is 16.6 Å². The van der Waals surface area contributed by atoms with Gasteiger partial charge in [0, 0.05) is 17.8 Å². The molecule has 0 bridgehead atoms. The molecule has 0 aliphatic carbocycles. The van der Waals surface area contributed by atoms with Gasteiger partial charge in [0.05, 0.1) is 23.7 Å². The topological polar surface area (TPSA) is 109 Å². The lowest BCUT2D eigenvalue weighted by molar-refractivity contribution is 0.100. The molecule has 3 N–H and O–H groups in total. The molecule has 7 heteroatoms. The standard InChI is InChI=1S/C22H17N6O/c23-12-11-16-3-1-2-4-19(16)25-13-15-5-7-17(8-6-15)20-10-9-18(21(24)29)22-26-14-27-28(20)22/h1-10,25H,11,13H2,(H2,24,29). The first-order valence-corrected chi connectivity index (χ1v) is 9.01. The highest BCUT2D eigenvalue weighted by molar-refractivity contribution is 5.99. The third kappa shape index (κ3) is 3.64. The monoisotopic (exact) mass is 381 g/mol. The van der Waals surface area contributed by atoms with Gasteiger partial charge in [0.1, 0.15) is 0 Å². The summed E-state index contributed by atoms with van der Waals surface area (Å²) in [5.74, 6) is -0.555. The number of amides is 1. The summed E-state index contributed by atoms with van der Waals surface area (Å²) in [6.07, 6.45) is 2.90. The summed E-state index contributed by atoms with van der Waals surface area (Å²) in [6, 6.07) is 21.4. The van der Waals surface area contributed by atoms with E-state index in [1.807, 2.05) is 48.5 Å². The zero-order valence-corrected chi connectivity index (χ0v) is 15.5. The maximum absolute atomic E-state index is 11.6. The van der Waals surface area contributed by atoms with Crippen LogP contribution >= 0.6 is 0 Å². The number of anilines is 1. The van der Waals surface area contributed by atoms with E-state index in [0.717, 1.165) is 28.1 Å². The van der Waals surface area contributed by atoms with E-state index in [0.29, 0.717) is 24.2 Å². The van der Waals surface area contributed by atoms with Crippen LogP contribution in [-0.4, -0.2) is 20.5 Å². The van der Waals surface area contributed by atoms with Crippen molar-refractivity contribution in [2.45, 2.75) is 13.0 Å². The van der Waals surface area contributed by atoms with Gasteiger partial charge in [-0.05, 0) is 29.3 Å². The fraction of sp³-hybridized carbons (Fsp3) is 0.0909. The second-order valence-corrected chi connectivity index (χ2v) is 6.49. The van der Waals surface area contributed by atoms with Gasteiger partial charge in [0.2, 0.25) is 6.33 Å². The van der Waals surface area contributed by atoms with Crippen molar-refractivity contribution in [3.8, 4) is 17.3 Å². The Kier molecular flexibility index (Phi) is 4.91. The second-order valence-electron chi connectivity index (χ2n) is 6.49. The third-order valence-corrected chi connectivity index (χ3v) is 4.66. The van der Waals surface area contributed by atoms with Crippen LogP contribution in [0.25, 0.3) is 16.9 Å². The second kappa shape index (κ2) is 7.82. The lowest BCUT2D eigenvalue weighted by atomic mass is 10.1. The number of hydrogen-bond acceptors (Lipinski definition) is 5. The van der Waals surface area contributed by atoms with Crippen molar-refractivity contribution < 1.29 is 4.79 Å². The zero-order chi connectivity index (χ0) is 20.2. The number of benzene rings is 2. The number of fused-ring (bicyclic) bond motifs is 1. The lowest BCUT2D eigenvalue weighted by Crippen LogP contribution is -2.13. The van der Waals surface area contributed by atoms with Gasteiger partial charge in [0.25, 0.3) is 5.91 Å². The molecule has 0 spiro atoms. The number of hydrogen-bond donors (Lipinski definition) is 2. The van der Waals surface area contributed by atoms with Gasteiger partial charge >= 0.3 is 0 Å². The van der Waals surface area contributed by atoms with Crippen LogP contribution in [0, 0.1) is 17.7 Å². The summed E-state index contributed by atoms with van der Waals surface area (Å²) in [5, 5.41) is 16.4. The molecule has 1 amide bonds. The number of aromatic nitrogens is 3. The first-order chi connectivity index (χ1) is 14.2. The predicted molar refractivity (Wildman–Crippen MR) is 109 cm³/mol. The number of pyridine rings is 1. The number of primary amides is 1. The van der Waals surface area contributed by atoms with E-state index < -0.39 is 5.91 Å². The van der Waals surface area contributed by atoms with Gasteiger partial charge in [-0.25, -0.2) is 9.50 Å². The number of carbonyl (C=O) groups is 1. The minimum absolute atomic E-state index is 0.305. The minimum atomic E-state index is -0.555. The SMILES string of the molecule is N#CCc1ccccc1NCc1ccc(-c2ccc(C(N)=O)c3n[c]nn23)cc1. The Balaban J connectivity index is 1.56. The summed E-state index contributed by atoms with van der Waals surface area (Å²) in [6.45, 7) is 0.635. The first kappa shape index (κ1) is 18.2. The highest BCUT2D eigenvalue weighted by Gasteiger charge is 2.13. The Hall–Kier alpha value is -4.18. The highest BCUT2D eigenvalue weighted by Crippen LogP contribution is 2.23. The highest BCUT2D eigenvalue weighted by atomic mass is 16.1. The molecule has 0 unspecified atom stereocenters. The van der Waals surface area contributed by atoms with Crippen LogP contribution < -0.4 is 11.1 Å². The summed E-state index contributed by atoms with van der Waals surface area (Å²) in [4.78, 5) is 15.6. The number of carbonyl (C=O) groups excluding carboxylic acids is 1. The molecule has 0 atom stereocenters. The van der Waals surface area contributed by atoms with Crippen molar-refractivity contribution in [2.75, 3.05) is 5.32 Å². The van der Waals surface area contributed by atoms with Crippen LogP contribution in [0.5, 0.6) is 0 Å². The summed E-state index contributed by atoms with van der Waals surface area (Å²) in [7, 11) is 0. The van der Waals surface area contributed by atoms with Crippen molar-refractivity contribution >= 4 is 17.2 Å². The molecule has 0 saturated carbocycles. The molecular weight excluding hydrogens is 364 g/mol. The molecule has 4 rings (SSSR count). The van der Waals surface area contributed by atoms with E-state index in [-0.39, 0.29) is 0 Å². The molecular formula is C22H17N6O. The normalized spacial score (nSPS) is 10.6. The van der Waals surface area contributed by atoms with Crippen molar-refractivity contribution in [2.24, 2.45) is 5.73 Å². The average molecular weight is 381 g/mol. The summed E-state index contributed by atoms with van der Waals surface area (Å²) in [5.41, 5.74) is 10.8. The molecule has 2 heterocycles. The smallest absolute Gasteiger partial charge is 0.252 e. The molecule has 0 aliphatic heterocycles. The molecule has 141 valence electrons. The Bertz CT molecular complexity index is 1220. The molecule has 1 radical (unpaired) electrons. The average Bonchev–Trinajstić information content (AvgIpc) is 3.23. The van der Waals surface area contributed by atoms with Crippen molar-refractivity contribution in [1.82, 2.24) is 14.6 Å². The van der Waals surface area contributed by atoms with Crippen LogP contribution in [0.4, 0.5) is 5.69 Å². The Labute approximate surface area is 167 Å². The van der Waals surface area contributed by atoms with Crippen LogP contribution in [-0.2, 0) is 13.0 Å². The van der Waals surface area contributed by atoms with Crippen molar-refractivity contribution in [1.29, 1.82) is 5.26 Å². The minimum Gasteiger partial charge on any atom is -0.381 e. The van der Waals surface area contributed by atoms with Crippen LogP contribution in [0.3, 0.4) is 0 Å². The Morgan fingerprint density at radius 3 is 2.69 bits per heavy atom. The third-order valence-electron chi connectivity index (χ3n) is 4.66. The lowest BCUT2D eigenvalue weighted by Gasteiger charge is -2.11. The number of nitriles is 1. The largest absolute Gasteiger partial charge is 0.381 e. The molecule has 0 saturated heterocycles. The van der Waals surface area contributed by atoms with Crippen LogP contribution in [0.2, 0.25) is 0 Å². The summed E-state index contributed by atoms with van der Waals surface area (Å²) < 4.78 is 1.56. The van der Waals surface area contributed by atoms with E-state index >= 15 is 0 Å². The van der Waals surface area contributed by atoms with Gasteiger partial charge in [-0.1, -0.05) is 42.5 Å². The van der Waals surface area contributed by atoms with E-state index in [1.165, 1.54) is 0 Å². The van der Waals surface area contributed by atoms with Gasteiger partial charge < -0.3 is 11.1 Å². The van der Waals surface area contributed by atoms with Gasteiger partial charge in [-0.3, -0.25) is 4.79 Å². The molecule has 0 aliphatic rings. The fourth-order valence-electron chi connectivity index (χ4n) is 3.19. The fourth-order valence-corrected chi connectivity index (χ4v) is 3.19. The number of rotatable bonds is 6. The number of nitrogens with zero attached hydrogens (tertiary/aromatic N) is 4. The number of nitrogens with one attached hydrogen (secondary N) is 1. The number of para-hydroxylation sites is 1. The van der Waals surface area contributed by atoms with Gasteiger partial charge in [0.15, 0.2) is 5.65 Å². The summed E-state index contributed by atoms with van der Waals surface area (Å²) >= 11 is 0. The molecule has 29 heavy (non-hydrogen) atoms. The van der Waals surface area contributed by atoms with Gasteiger partial charge in [-0.2, -0.15) is 5.26 Å². The van der Waals surface area contributed by atoms with E-state index in [2.05, 4.69) is 27.8 Å². The molecule has 4 aromatic rings. The predicted octanol–water partition coefficient (Wildman–Crippen LogP) is 2.97. The van der Waals surface area contributed by atoms with Crippen LogP contribution in [0.15, 0.2) is 60.7 Å². The molecule has 0 fully saturated rings.